The number of hydrogen-bond acceptors (Lipinski definition) is 7. The van der Waals surface area contributed by atoms with Gasteiger partial charge in [0.1, 0.15) is 29.3 Å². The van der Waals surface area contributed by atoms with Crippen LogP contribution < -0.4 is 10.9 Å². The molecule has 2 atom stereocenters. The molecular weight excluding hydrogens is 318 g/mol. The molecule has 0 spiro atoms. The highest BCUT2D eigenvalue weighted by atomic mass is 16.6. The van der Waals surface area contributed by atoms with Gasteiger partial charge in [0.2, 0.25) is 0 Å². The third-order valence-electron chi connectivity index (χ3n) is 3.45. The van der Waals surface area contributed by atoms with Crippen molar-refractivity contribution in [3.05, 3.63) is 22.4 Å². The first-order chi connectivity index (χ1) is 11.2. The van der Waals surface area contributed by atoms with Gasteiger partial charge in [-0.25, -0.2) is 14.6 Å². The zero-order valence-electron chi connectivity index (χ0n) is 14.3. The minimum absolute atomic E-state index is 0.0846. The molecule has 0 fully saturated rings. The first-order valence-electron chi connectivity index (χ1n) is 7.40. The zero-order chi connectivity index (χ0) is 18.1. The highest BCUT2D eigenvalue weighted by Crippen LogP contribution is 2.34. The number of fused-ring (bicyclic) bond motifs is 1. The predicted molar refractivity (Wildman–Crippen MR) is 83.8 cm³/mol. The number of aromatic nitrogens is 2. The highest BCUT2D eigenvalue weighted by Gasteiger charge is 2.39. The normalized spacial score (nSPS) is 19.5. The van der Waals surface area contributed by atoms with E-state index in [0.29, 0.717) is 5.82 Å². The molecule has 1 amide bonds. The summed E-state index contributed by atoms with van der Waals surface area (Å²) in [5.74, 6) is -0.262. The smallest absolute Gasteiger partial charge is 0.412 e. The van der Waals surface area contributed by atoms with Gasteiger partial charge in [-0.15, -0.1) is 0 Å². The number of ether oxygens (including phenoxy) is 3. The number of nitrogens with zero attached hydrogens (tertiary/aromatic N) is 2. The molecule has 0 bridgehead atoms. The van der Waals surface area contributed by atoms with Gasteiger partial charge in [-0.05, 0) is 20.8 Å². The van der Waals surface area contributed by atoms with E-state index in [2.05, 4.69) is 10.3 Å². The highest BCUT2D eigenvalue weighted by molar-refractivity contribution is 5.84. The molecule has 0 unspecified atom stereocenters. The molecule has 9 heteroatoms. The van der Waals surface area contributed by atoms with Crippen LogP contribution in [0.1, 0.15) is 45.2 Å². The molecule has 2 heterocycles. The molecule has 9 nitrogen and oxygen atoms in total. The summed E-state index contributed by atoms with van der Waals surface area (Å²) in [6, 6.07) is -0.852. The minimum Gasteiger partial charge on any atom is -0.467 e. The second kappa shape index (κ2) is 6.60. The van der Waals surface area contributed by atoms with Crippen molar-refractivity contribution < 1.29 is 23.8 Å². The second-order valence-corrected chi connectivity index (χ2v) is 6.33. The number of carbonyl (C=O) groups excluding carboxylic acids is 2. The van der Waals surface area contributed by atoms with Crippen LogP contribution in [0.4, 0.5) is 10.5 Å². The summed E-state index contributed by atoms with van der Waals surface area (Å²) in [6.45, 7) is 5.12. The maximum Gasteiger partial charge on any atom is 0.412 e. The van der Waals surface area contributed by atoms with Crippen molar-refractivity contribution in [3.63, 3.8) is 0 Å². The van der Waals surface area contributed by atoms with Crippen LogP contribution in [0, 0.1) is 0 Å². The molecule has 132 valence electrons. The Hall–Kier alpha value is -2.42. The summed E-state index contributed by atoms with van der Waals surface area (Å²) in [5.41, 5.74) is -1.36. The molecule has 0 aromatic carbocycles. The molecule has 1 aromatic heterocycles. The fourth-order valence-corrected chi connectivity index (χ4v) is 2.47. The van der Waals surface area contributed by atoms with Gasteiger partial charge >= 0.3 is 12.1 Å². The van der Waals surface area contributed by atoms with E-state index in [1.165, 1.54) is 25.0 Å². The van der Waals surface area contributed by atoms with E-state index >= 15 is 0 Å². The molecule has 0 aliphatic carbocycles. The monoisotopic (exact) mass is 339 g/mol. The Labute approximate surface area is 138 Å². The Morgan fingerprint density at radius 3 is 2.54 bits per heavy atom. The third kappa shape index (κ3) is 3.56. The van der Waals surface area contributed by atoms with Gasteiger partial charge in [-0.2, -0.15) is 0 Å². The quantitative estimate of drug-likeness (QED) is 0.829. The summed E-state index contributed by atoms with van der Waals surface area (Å²) < 4.78 is 16.3. The summed E-state index contributed by atoms with van der Waals surface area (Å²) >= 11 is 0. The van der Waals surface area contributed by atoms with Crippen LogP contribution in [0.2, 0.25) is 0 Å². The molecule has 0 radical (unpaired) electrons. The van der Waals surface area contributed by atoms with E-state index in [-0.39, 0.29) is 12.1 Å². The molecule has 1 aliphatic rings. The van der Waals surface area contributed by atoms with Gasteiger partial charge in [0.25, 0.3) is 5.56 Å². The SMILES string of the molecule is COC(=O)[C@@H]1C[C@H](OC)c2ncc(NC(=O)OC(C)(C)C)c(=O)n21. The number of nitrogens with one attached hydrogen (secondary N) is 1. The van der Waals surface area contributed by atoms with Gasteiger partial charge in [0.15, 0.2) is 0 Å². The summed E-state index contributed by atoms with van der Waals surface area (Å²) in [4.78, 5) is 40.6. The summed E-state index contributed by atoms with van der Waals surface area (Å²) in [5, 5.41) is 2.36. The van der Waals surface area contributed by atoms with Crippen molar-refractivity contribution in [2.24, 2.45) is 0 Å². The van der Waals surface area contributed by atoms with Gasteiger partial charge < -0.3 is 14.2 Å². The lowest BCUT2D eigenvalue weighted by molar-refractivity contribution is -0.144. The van der Waals surface area contributed by atoms with Crippen molar-refractivity contribution in [3.8, 4) is 0 Å². The lowest BCUT2D eigenvalue weighted by Crippen LogP contribution is -2.33. The largest absolute Gasteiger partial charge is 0.467 e. The molecule has 0 saturated carbocycles. The summed E-state index contributed by atoms with van der Waals surface area (Å²) in [7, 11) is 2.71. The first-order valence-corrected chi connectivity index (χ1v) is 7.40. The van der Waals surface area contributed by atoms with Crippen molar-refractivity contribution in [2.45, 2.75) is 44.9 Å². The predicted octanol–water partition coefficient (Wildman–Crippen LogP) is 1.40. The Bertz CT molecular complexity index is 706. The third-order valence-corrected chi connectivity index (χ3v) is 3.45. The molecule has 2 rings (SSSR count). The van der Waals surface area contributed by atoms with Crippen molar-refractivity contribution in [2.75, 3.05) is 19.5 Å². The van der Waals surface area contributed by atoms with E-state index in [4.69, 9.17) is 14.2 Å². The van der Waals surface area contributed by atoms with Crippen molar-refractivity contribution >= 4 is 17.7 Å². The van der Waals surface area contributed by atoms with E-state index in [9.17, 15) is 14.4 Å². The van der Waals surface area contributed by atoms with Crippen LogP contribution in [-0.2, 0) is 19.0 Å². The van der Waals surface area contributed by atoms with Crippen molar-refractivity contribution in [1.82, 2.24) is 9.55 Å². The molecule has 1 N–H and O–H groups in total. The number of anilines is 1. The van der Waals surface area contributed by atoms with E-state index in [1.54, 1.807) is 20.8 Å². The number of rotatable bonds is 3. The Kier molecular flexibility index (Phi) is 4.93. The molecule has 24 heavy (non-hydrogen) atoms. The maximum atomic E-state index is 12.6. The van der Waals surface area contributed by atoms with Gasteiger partial charge in [0.05, 0.1) is 13.3 Å². The fraction of sp³-hybridized carbons (Fsp3) is 0.600. The van der Waals surface area contributed by atoms with Crippen LogP contribution in [0.5, 0.6) is 0 Å². The number of esters is 1. The number of carbonyl (C=O) groups is 2. The van der Waals surface area contributed by atoms with Crippen LogP contribution in [0.15, 0.2) is 11.0 Å². The first kappa shape index (κ1) is 17.9. The van der Waals surface area contributed by atoms with Crippen LogP contribution in [-0.4, -0.2) is 41.4 Å². The van der Waals surface area contributed by atoms with Gasteiger partial charge in [-0.1, -0.05) is 0 Å². The number of amides is 1. The number of hydrogen-bond donors (Lipinski definition) is 1. The molecular formula is C15H21N3O6. The van der Waals surface area contributed by atoms with Crippen LogP contribution in [0.25, 0.3) is 0 Å². The van der Waals surface area contributed by atoms with Crippen molar-refractivity contribution in [1.29, 1.82) is 0 Å². The average Bonchev–Trinajstić information content (AvgIpc) is 2.87. The standard InChI is InChI=1S/C15H21N3O6/c1-15(2,3)24-14(21)17-8-7-16-11-10(22-4)6-9(13(20)23-5)18(11)12(8)19/h7,9-10H,6H2,1-5H3,(H,17,21)/t9-,10-/m0/s1. The van der Waals surface area contributed by atoms with Crippen LogP contribution >= 0.6 is 0 Å². The maximum absolute atomic E-state index is 12.6. The second-order valence-electron chi connectivity index (χ2n) is 6.33. The Balaban J connectivity index is 2.37. The average molecular weight is 339 g/mol. The van der Waals surface area contributed by atoms with Crippen LogP contribution in [0.3, 0.4) is 0 Å². The Morgan fingerprint density at radius 2 is 2.00 bits per heavy atom. The fourth-order valence-electron chi connectivity index (χ4n) is 2.47. The zero-order valence-corrected chi connectivity index (χ0v) is 14.3. The topological polar surface area (TPSA) is 109 Å². The molecule has 1 aromatic rings. The lowest BCUT2D eigenvalue weighted by Gasteiger charge is -2.20. The minimum atomic E-state index is -0.852. The molecule has 0 saturated heterocycles. The van der Waals surface area contributed by atoms with E-state index in [1.807, 2.05) is 0 Å². The summed E-state index contributed by atoms with van der Waals surface area (Å²) in [6.07, 6.45) is 0.181. The number of methoxy groups -OCH3 is 2. The Morgan fingerprint density at radius 1 is 1.33 bits per heavy atom. The lowest BCUT2D eigenvalue weighted by atomic mass is 10.2. The van der Waals surface area contributed by atoms with Gasteiger partial charge in [-0.3, -0.25) is 14.7 Å². The van der Waals surface area contributed by atoms with Gasteiger partial charge in [0, 0.05) is 13.5 Å². The van der Waals surface area contributed by atoms with E-state index < -0.39 is 35.4 Å². The van der Waals surface area contributed by atoms with E-state index in [0.717, 1.165) is 0 Å². The molecule has 1 aliphatic heterocycles.